The first-order valence-corrected chi connectivity index (χ1v) is 7.12. The number of aryl methyl sites for hydroxylation is 1. The van der Waals surface area contributed by atoms with E-state index < -0.39 is 0 Å². The average Bonchev–Trinajstić information content (AvgIpc) is 2.89. The van der Waals surface area contributed by atoms with Crippen LogP contribution in [0.2, 0.25) is 0 Å². The third kappa shape index (κ3) is 2.54. The molecule has 0 bridgehead atoms. The van der Waals surface area contributed by atoms with Gasteiger partial charge in [0.05, 0.1) is 5.69 Å². The van der Waals surface area contributed by atoms with Crippen LogP contribution in [-0.4, -0.2) is 12.0 Å². The zero-order valence-corrected chi connectivity index (χ0v) is 12.0. The normalized spacial score (nSPS) is 17.0. The first-order chi connectivity index (χ1) is 9.78. The molecule has 1 aliphatic rings. The summed E-state index contributed by atoms with van der Waals surface area (Å²) in [5.74, 6) is 1.00. The van der Waals surface area contributed by atoms with Crippen molar-refractivity contribution in [1.29, 1.82) is 0 Å². The molecule has 1 aromatic heterocycles. The maximum atomic E-state index is 5.99. The Morgan fingerprint density at radius 1 is 1.25 bits per heavy atom. The summed E-state index contributed by atoms with van der Waals surface area (Å²) in [5.41, 5.74) is 4.73. The summed E-state index contributed by atoms with van der Waals surface area (Å²) < 4.78 is 5.99. The highest BCUT2D eigenvalue weighted by Gasteiger charge is 2.23. The van der Waals surface area contributed by atoms with Crippen molar-refractivity contribution >= 4 is 0 Å². The smallest absolute Gasteiger partial charge is 0.130 e. The fourth-order valence-electron chi connectivity index (χ4n) is 2.89. The fourth-order valence-corrected chi connectivity index (χ4v) is 2.89. The Morgan fingerprint density at radius 2 is 2.10 bits per heavy atom. The van der Waals surface area contributed by atoms with E-state index in [4.69, 9.17) is 4.74 Å². The minimum atomic E-state index is 0.464. The second kappa shape index (κ2) is 5.63. The van der Waals surface area contributed by atoms with E-state index in [2.05, 4.69) is 28.5 Å². The lowest BCUT2D eigenvalue weighted by atomic mass is 10.1. The van der Waals surface area contributed by atoms with Crippen LogP contribution >= 0.6 is 0 Å². The van der Waals surface area contributed by atoms with Crippen LogP contribution in [0.4, 0.5) is 0 Å². The molecule has 0 fully saturated rings. The van der Waals surface area contributed by atoms with Crippen molar-refractivity contribution in [3.05, 3.63) is 58.9 Å². The van der Waals surface area contributed by atoms with Gasteiger partial charge in [-0.3, -0.25) is 4.98 Å². The second-order valence-electron chi connectivity index (χ2n) is 5.26. The Bertz CT molecular complexity index is 610. The van der Waals surface area contributed by atoms with Gasteiger partial charge in [-0.05, 0) is 56.1 Å². The van der Waals surface area contributed by atoms with Crippen molar-refractivity contribution in [3.8, 4) is 5.75 Å². The number of benzene rings is 1. The molecule has 0 amide bonds. The SMILES string of the molecule is CNC1CCc2c(OCc3cccc(C)n3)cccc21. The number of fused-ring (bicyclic) bond motifs is 1. The van der Waals surface area contributed by atoms with Crippen LogP contribution in [0.25, 0.3) is 0 Å². The first-order valence-electron chi connectivity index (χ1n) is 7.12. The summed E-state index contributed by atoms with van der Waals surface area (Å²) in [5, 5.41) is 3.36. The van der Waals surface area contributed by atoms with Gasteiger partial charge in [-0.15, -0.1) is 0 Å². The molecule has 1 aliphatic carbocycles. The van der Waals surface area contributed by atoms with Crippen molar-refractivity contribution in [2.75, 3.05) is 7.05 Å². The van der Waals surface area contributed by atoms with Crippen molar-refractivity contribution in [1.82, 2.24) is 10.3 Å². The average molecular weight is 268 g/mol. The molecule has 1 aromatic carbocycles. The maximum Gasteiger partial charge on any atom is 0.130 e. The maximum absolute atomic E-state index is 5.99. The lowest BCUT2D eigenvalue weighted by Gasteiger charge is -2.13. The fraction of sp³-hybridized carbons (Fsp3) is 0.353. The summed E-state index contributed by atoms with van der Waals surface area (Å²) in [4.78, 5) is 4.48. The predicted molar refractivity (Wildman–Crippen MR) is 79.9 cm³/mol. The van der Waals surface area contributed by atoms with Crippen molar-refractivity contribution < 1.29 is 4.74 Å². The zero-order valence-electron chi connectivity index (χ0n) is 12.0. The molecule has 1 N–H and O–H groups in total. The van der Waals surface area contributed by atoms with Gasteiger partial charge in [0.15, 0.2) is 0 Å². The number of hydrogen-bond acceptors (Lipinski definition) is 3. The molecule has 0 saturated heterocycles. The van der Waals surface area contributed by atoms with Gasteiger partial charge in [-0.25, -0.2) is 0 Å². The summed E-state index contributed by atoms with van der Waals surface area (Å²) in [7, 11) is 2.02. The molecule has 1 atom stereocenters. The number of pyridine rings is 1. The molecule has 3 rings (SSSR count). The molecule has 20 heavy (non-hydrogen) atoms. The van der Waals surface area contributed by atoms with Crippen LogP contribution in [0.15, 0.2) is 36.4 Å². The van der Waals surface area contributed by atoms with Gasteiger partial charge < -0.3 is 10.1 Å². The van der Waals surface area contributed by atoms with Crippen LogP contribution in [0.1, 0.15) is 35.0 Å². The van der Waals surface area contributed by atoms with E-state index in [1.165, 1.54) is 11.1 Å². The quantitative estimate of drug-likeness (QED) is 0.924. The van der Waals surface area contributed by atoms with Crippen LogP contribution < -0.4 is 10.1 Å². The largest absolute Gasteiger partial charge is 0.487 e. The van der Waals surface area contributed by atoms with Crippen molar-refractivity contribution in [3.63, 3.8) is 0 Å². The van der Waals surface area contributed by atoms with Gasteiger partial charge in [0, 0.05) is 11.7 Å². The highest BCUT2D eigenvalue weighted by molar-refractivity contribution is 5.45. The molecular weight excluding hydrogens is 248 g/mol. The predicted octanol–water partition coefficient (Wildman–Crippen LogP) is 3.18. The standard InChI is InChI=1S/C17H20N2O/c1-12-5-3-6-13(19-12)11-20-17-8-4-7-14-15(17)9-10-16(14)18-2/h3-8,16,18H,9-11H2,1-2H3. The Hall–Kier alpha value is -1.87. The number of nitrogens with one attached hydrogen (secondary N) is 1. The number of ether oxygens (including phenoxy) is 1. The van der Waals surface area contributed by atoms with Crippen LogP contribution in [0.3, 0.4) is 0 Å². The summed E-state index contributed by atoms with van der Waals surface area (Å²) in [6, 6.07) is 12.8. The molecule has 1 unspecified atom stereocenters. The first kappa shape index (κ1) is 13.1. The Labute approximate surface area is 120 Å². The minimum absolute atomic E-state index is 0.464. The van der Waals surface area contributed by atoms with E-state index in [1.807, 2.05) is 32.2 Å². The van der Waals surface area contributed by atoms with Gasteiger partial charge in [0.2, 0.25) is 0 Å². The van der Waals surface area contributed by atoms with Crippen molar-refractivity contribution in [2.24, 2.45) is 0 Å². The van der Waals surface area contributed by atoms with Gasteiger partial charge in [-0.1, -0.05) is 18.2 Å². The number of aromatic nitrogens is 1. The van der Waals surface area contributed by atoms with Crippen LogP contribution in [-0.2, 0) is 13.0 Å². The van der Waals surface area contributed by atoms with E-state index in [9.17, 15) is 0 Å². The molecule has 104 valence electrons. The topological polar surface area (TPSA) is 34.1 Å². The molecule has 0 aliphatic heterocycles. The molecular formula is C17H20N2O. The minimum Gasteiger partial charge on any atom is -0.487 e. The van der Waals surface area contributed by atoms with E-state index >= 15 is 0 Å². The van der Waals surface area contributed by atoms with E-state index in [0.717, 1.165) is 30.0 Å². The lowest BCUT2D eigenvalue weighted by molar-refractivity contribution is 0.298. The van der Waals surface area contributed by atoms with E-state index in [0.29, 0.717) is 12.6 Å². The summed E-state index contributed by atoms with van der Waals surface area (Å²) >= 11 is 0. The van der Waals surface area contributed by atoms with Crippen LogP contribution in [0.5, 0.6) is 5.75 Å². The molecule has 1 heterocycles. The monoisotopic (exact) mass is 268 g/mol. The number of rotatable bonds is 4. The van der Waals surface area contributed by atoms with Gasteiger partial charge in [0.25, 0.3) is 0 Å². The Kier molecular flexibility index (Phi) is 3.70. The number of nitrogens with zero attached hydrogens (tertiary/aromatic N) is 1. The van der Waals surface area contributed by atoms with Gasteiger partial charge >= 0.3 is 0 Å². The van der Waals surface area contributed by atoms with Crippen molar-refractivity contribution in [2.45, 2.75) is 32.4 Å². The highest BCUT2D eigenvalue weighted by Crippen LogP contribution is 2.36. The summed E-state index contributed by atoms with van der Waals surface area (Å²) in [6.07, 6.45) is 2.23. The van der Waals surface area contributed by atoms with E-state index in [-0.39, 0.29) is 0 Å². The zero-order chi connectivity index (χ0) is 13.9. The third-order valence-electron chi connectivity index (χ3n) is 3.90. The molecule has 0 radical (unpaired) electrons. The second-order valence-corrected chi connectivity index (χ2v) is 5.26. The van der Waals surface area contributed by atoms with Gasteiger partial charge in [0.1, 0.15) is 12.4 Å². The van der Waals surface area contributed by atoms with E-state index in [1.54, 1.807) is 0 Å². The highest BCUT2D eigenvalue weighted by atomic mass is 16.5. The Morgan fingerprint density at radius 3 is 2.90 bits per heavy atom. The van der Waals surface area contributed by atoms with Crippen LogP contribution in [0, 0.1) is 6.92 Å². The molecule has 2 aromatic rings. The molecule has 0 spiro atoms. The summed E-state index contributed by atoms with van der Waals surface area (Å²) in [6.45, 7) is 2.53. The number of hydrogen-bond donors (Lipinski definition) is 1. The lowest BCUT2D eigenvalue weighted by Crippen LogP contribution is -2.12. The Balaban J connectivity index is 1.77. The molecule has 3 heteroatoms. The third-order valence-corrected chi connectivity index (χ3v) is 3.90. The van der Waals surface area contributed by atoms with Gasteiger partial charge in [-0.2, -0.15) is 0 Å². The molecule has 0 saturated carbocycles. The molecule has 3 nitrogen and oxygen atoms in total.